The van der Waals surface area contributed by atoms with Gasteiger partial charge in [0, 0.05) is 26.8 Å². The first-order chi connectivity index (χ1) is 7.81. The molecule has 1 amide bonds. The summed E-state index contributed by atoms with van der Waals surface area (Å²) in [6.07, 6.45) is 2.80. The van der Waals surface area contributed by atoms with Crippen molar-refractivity contribution in [1.82, 2.24) is 10.6 Å². The van der Waals surface area contributed by atoms with Crippen molar-refractivity contribution in [2.24, 2.45) is 0 Å². The Morgan fingerprint density at radius 3 is 3.00 bits per heavy atom. The van der Waals surface area contributed by atoms with E-state index in [1.54, 1.807) is 7.11 Å². The predicted molar refractivity (Wildman–Crippen MR) is 59.2 cm³/mol. The van der Waals surface area contributed by atoms with Crippen LogP contribution in [0.15, 0.2) is 0 Å². The van der Waals surface area contributed by atoms with Crippen LogP contribution in [0.4, 0.5) is 0 Å². The van der Waals surface area contributed by atoms with E-state index in [-0.39, 0.29) is 24.2 Å². The summed E-state index contributed by atoms with van der Waals surface area (Å²) in [5, 5.41) is 6.20. The van der Waals surface area contributed by atoms with E-state index < -0.39 is 0 Å². The Bertz CT molecular complexity index is 241. The number of carbonyl (C=O) groups excluding carboxylic acids is 1. The minimum absolute atomic E-state index is 0.00968. The van der Waals surface area contributed by atoms with Crippen molar-refractivity contribution in [3.05, 3.63) is 0 Å². The lowest BCUT2D eigenvalue weighted by molar-refractivity contribution is -0.136. The molecule has 5 heteroatoms. The fourth-order valence-corrected chi connectivity index (χ4v) is 2.27. The minimum atomic E-state index is -0.258. The molecule has 2 heterocycles. The number of rotatable bonds is 3. The Morgan fingerprint density at radius 1 is 1.44 bits per heavy atom. The van der Waals surface area contributed by atoms with Gasteiger partial charge in [-0.25, -0.2) is 0 Å². The molecule has 0 spiro atoms. The van der Waals surface area contributed by atoms with Gasteiger partial charge in [0.25, 0.3) is 0 Å². The summed E-state index contributed by atoms with van der Waals surface area (Å²) in [6, 6.07) is 0.0722. The first-order valence-corrected chi connectivity index (χ1v) is 5.96. The summed E-state index contributed by atoms with van der Waals surface area (Å²) in [6.45, 7) is 2.28. The van der Waals surface area contributed by atoms with Gasteiger partial charge < -0.3 is 20.1 Å². The summed E-state index contributed by atoms with van der Waals surface area (Å²) < 4.78 is 10.7. The average Bonchev–Trinajstić information content (AvgIpc) is 2.77. The third-order valence-electron chi connectivity index (χ3n) is 3.26. The maximum Gasteiger partial charge on any atom is 0.249 e. The molecule has 0 aromatic heterocycles. The van der Waals surface area contributed by atoms with Gasteiger partial charge in [-0.05, 0) is 19.3 Å². The zero-order valence-electron chi connectivity index (χ0n) is 9.70. The molecule has 0 bridgehead atoms. The third-order valence-corrected chi connectivity index (χ3v) is 3.26. The van der Waals surface area contributed by atoms with E-state index in [4.69, 9.17) is 9.47 Å². The van der Waals surface area contributed by atoms with Crippen LogP contribution in [-0.4, -0.2) is 51.0 Å². The van der Waals surface area contributed by atoms with Crippen LogP contribution < -0.4 is 10.6 Å². The lowest BCUT2D eigenvalue weighted by atomic mass is 10.1. The van der Waals surface area contributed by atoms with Crippen LogP contribution in [0.25, 0.3) is 0 Å². The normalized spacial score (nSPS) is 34.9. The summed E-state index contributed by atoms with van der Waals surface area (Å²) >= 11 is 0. The number of ether oxygens (including phenoxy) is 2. The standard InChI is InChI=1S/C11H20N2O3/c1-15-10-7-12-6-8(10)13-11(14)9-4-2-3-5-16-9/h8-10,12H,2-7H2,1H3,(H,13,14)/t8?,9?,10-/m0/s1. The number of nitrogens with one attached hydrogen (secondary N) is 2. The molecule has 2 saturated heterocycles. The van der Waals surface area contributed by atoms with Crippen LogP contribution in [0.5, 0.6) is 0 Å². The molecular weight excluding hydrogens is 208 g/mol. The second kappa shape index (κ2) is 5.61. The van der Waals surface area contributed by atoms with E-state index in [1.807, 2.05) is 0 Å². The van der Waals surface area contributed by atoms with E-state index in [0.717, 1.165) is 32.4 Å². The second-order valence-electron chi connectivity index (χ2n) is 4.40. The first kappa shape index (κ1) is 11.8. The molecule has 16 heavy (non-hydrogen) atoms. The molecule has 2 aliphatic rings. The van der Waals surface area contributed by atoms with E-state index in [1.165, 1.54) is 0 Å². The molecule has 92 valence electrons. The van der Waals surface area contributed by atoms with Crippen LogP contribution in [-0.2, 0) is 14.3 Å². The van der Waals surface area contributed by atoms with Crippen molar-refractivity contribution in [2.75, 3.05) is 26.8 Å². The molecule has 2 unspecified atom stereocenters. The molecule has 0 aromatic rings. The van der Waals surface area contributed by atoms with Crippen LogP contribution in [0.2, 0.25) is 0 Å². The maximum absolute atomic E-state index is 11.9. The average molecular weight is 228 g/mol. The molecule has 2 fully saturated rings. The van der Waals surface area contributed by atoms with Gasteiger partial charge in [-0.2, -0.15) is 0 Å². The Kier molecular flexibility index (Phi) is 4.15. The molecule has 5 nitrogen and oxygen atoms in total. The number of hydrogen-bond acceptors (Lipinski definition) is 4. The van der Waals surface area contributed by atoms with Gasteiger partial charge in [-0.3, -0.25) is 4.79 Å². The Morgan fingerprint density at radius 2 is 2.31 bits per heavy atom. The van der Waals surface area contributed by atoms with Gasteiger partial charge in [-0.15, -0.1) is 0 Å². The van der Waals surface area contributed by atoms with E-state index >= 15 is 0 Å². The van der Waals surface area contributed by atoms with E-state index in [2.05, 4.69) is 10.6 Å². The lowest BCUT2D eigenvalue weighted by Crippen LogP contribution is -2.48. The summed E-state index contributed by atoms with van der Waals surface area (Å²) in [4.78, 5) is 11.9. The largest absolute Gasteiger partial charge is 0.378 e. The van der Waals surface area contributed by atoms with Crippen molar-refractivity contribution in [1.29, 1.82) is 0 Å². The second-order valence-corrected chi connectivity index (χ2v) is 4.40. The van der Waals surface area contributed by atoms with Crippen LogP contribution >= 0.6 is 0 Å². The van der Waals surface area contributed by atoms with Gasteiger partial charge in [0.05, 0.1) is 12.1 Å². The van der Waals surface area contributed by atoms with Crippen molar-refractivity contribution in [2.45, 2.75) is 37.5 Å². The molecule has 2 rings (SSSR count). The molecule has 3 atom stereocenters. The summed E-state index contributed by atoms with van der Waals surface area (Å²) in [5.41, 5.74) is 0. The van der Waals surface area contributed by atoms with Crippen molar-refractivity contribution < 1.29 is 14.3 Å². The van der Waals surface area contributed by atoms with E-state index in [9.17, 15) is 4.79 Å². The number of hydrogen-bond donors (Lipinski definition) is 2. The molecule has 0 aliphatic carbocycles. The molecule has 0 radical (unpaired) electrons. The Labute approximate surface area is 95.9 Å². The van der Waals surface area contributed by atoms with Crippen LogP contribution in [0.1, 0.15) is 19.3 Å². The zero-order valence-corrected chi connectivity index (χ0v) is 9.70. The predicted octanol–water partition coefficient (Wildman–Crippen LogP) is -0.341. The van der Waals surface area contributed by atoms with Gasteiger partial charge in [-0.1, -0.05) is 0 Å². The topological polar surface area (TPSA) is 59.6 Å². The first-order valence-electron chi connectivity index (χ1n) is 5.96. The SMILES string of the molecule is CO[C@H]1CNCC1NC(=O)C1CCCCO1. The highest BCUT2D eigenvalue weighted by Crippen LogP contribution is 2.13. The minimum Gasteiger partial charge on any atom is -0.378 e. The number of carbonyl (C=O) groups is 1. The summed E-state index contributed by atoms with van der Waals surface area (Å²) in [5.74, 6) is 0.00968. The number of amides is 1. The third kappa shape index (κ3) is 2.72. The highest BCUT2D eigenvalue weighted by Gasteiger charge is 2.31. The van der Waals surface area contributed by atoms with Gasteiger partial charge >= 0.3 is 0 Å². The molecule has 2 N–H and O–H groups in total. The molecule has 0 saturated carbocycles. The summed E-state index contributed by atoms with van der Waals surface area (Å²) in [7, 11) is 1.67. The molecular formula is C11H20N2O3. The van der Waals surface area contributed by atoms with Gasteiger partial charge in [0.15, 0.2) is 0 Å². The van der Waals surface area contributed by atoms with E-state index in [0.29, 0.717) is 6.61 Å². The van der Waals surface area contributed by atoms with Crippen molar-refractivity contribution >= 4 is 5.91 Å². The zero-order chi connectivity index (χ0) is 11.4. The highest BCUT2D eigenvalue weighted by molar-refractivity contribution is 5.81. The Hall–Kier alpha value is -0.650. The van der Waals surface area contributed by atoms with Crippen molar-refractivity contribution in [3.63, 3.8) is 0 Å². The maximum atomic E-state index is 11.9. The number of methoxy groups -OCH3 is 1. The van der Waals surface area contributed by atoms with Crippen molar-refractivity contribution in [3.8, 4) is 0 Å². The Balaban J connectivity index is 1.81. The van der Waals surface area contributed by atoms with Crippen LogP contribution in [0.3, 0.4) is 0 Å². The smallest absolute Gasteiger partial charge is 0.249 e. The van der Waals surface area contributed by atoms with Gasteiger partial charge in [0.2, 0.25) is 5.91 Å². The fourth-order valence-electron chi connectivity index (χ4n) is 2.27. The fraction of sp³-hybridized carbons (Fsp3) is 0.909. The van der Waals surface area contributed by atoms with Crippen LogP contribution in [0, 0.1) is 0 Å². The van der Waals surface area contributed by atoms with Gasteiger partial charge in [0.1, 0.15) is 6.10 Å². The lowest BCUT2D eigenvalue weighted by Gasteiger charge is -2.25. The molecule has 2 aliphatic heterocycles. The molecule has 0 aromatic carbocycles. The monoisotopic (exact) mass is 228 g/mol. The highest BCUT2D eigenvalue weighted by atomic mass is 16.5. The quantitative estimate of drug-likeness (QED) is 0.694.